The van der Waals surface area contributed by atoms with E-state index in [-0.39, 0.29) is 6.42 Å². The minimum absolute atomic E-state index is 0.256. The van der Waals surface area contributed by atoms with Gasteiger partial charge in [-0.15, -0.1) is 0 Å². The first-order valence-corrected chi connectivity index (χ1v) is 14.3. The SMILES string of the molecule is C[C@H](NC(=O)c1ccc(-c2ccc(N(CCI)CCI)cc2)cc1)C(=O)N[C@@H](CCC(=O)O)C(=O)O. The molecular weight excluding hydrogens is 692 g/mol. The van der Waals surface area contributed by atoms with Gasteiger partial charge < -0.3 is 25.7 Å². The van der Waals surface area contributed by atoms with Gasteiger partial charge in [-0.1, -0.05) is 69.4 Å². The Bertz CT molecular complexity index is 1040. The van der Waals surface area contributed by atoms with Crippen LogP contribution in [0.3, 0.4) is 0 Å². The summed E-state index contributed by atoms with van der Waals surface area (Å²) in [7, 11) is 0. The summed E-state index contributed by atoms with van der Waals surface area (Å²) in [5.41, 5.74) is 3.48. The summed E-state index contributed by atoms with van der Waals surface area (Å²) in [5, 5.41) is 22.7. The predicted octanol–water partition coefficient (Wildman–Crippen LogP) is 3.58. The summed E-state index contributed by atoms with van der Waals surface area (Å²) < 4.78 is 2.09. The van der Waals surface area contributed by atoms with Gasteiger partial charge in [-0.25, -0.2) is 4.79 Å². The van der Waals surface area contributed by atoms with E-state index in [9.17, 15) is 24.3 Å². The Morgan fingerprint density at radius 1 is 0.861 bits per heavy atom. The number of benzene rings is 2. The highest BCUT2D eigenvalue weighted by atomic mass is 127. The van der Waals surface area contributed by atoms with Crippen LogP contribution in [-0.4, -0.2) is 68.0 Å². The third kappa shape index (κ3) is 9.22. The number of halogens is 2. The summed E-state index contributed by atoms with van der Waals surface area (Å²) in [6.45, 7) is 3.41. The molecule has 0 unspecified atom stereocenters. The van der Waals surface area contributed by atoms with E-state index in [1.807, 2.05) is 24.3 Å². The first-order valence-electron chi connectivity index (χ1n) is 11.3. The van der Waals surface area contributed by atoms with Crippen molar-refractivity contribution in [1.29, 1.82) is 0 Å². The number of rotatable bonds is 14. The van der Waals surface area contributed by atoms with Crippen LogP contribution in [0.25, 0.3) is 11.1 Å². The number of carboxylic acids is 2. The molecule has 194 valence electrons. The lowest BCUT2D eigenvalue weighted by Crippen LogP contribution is -2.50. The maximum absolute atomic E-state index is 12.6. The summed E-state index contributed by atoms with van der Waals surface area (Å²) in [6.07, 6.45) is -0.656. The molecule has 2 atom stereocenters. The smallest absolute Gasteiger partial charge is 0.326 e. The average Bonchev–Trinajstić information content (AvgIpc) is 2.86. The molecule has 0 saturated heterocycles. The molecule has 4 N–H and O–H groups in total. The van der Waals surface area contributed by atoms with E-state index in [0.717, 1.165) is 33.1 Å². The second kappa shape index (κ2) is 15.0. The molecule has 0 heterocycles. The van der Waals surface area contributed by atoms with Crippen molar-refractivity contribution in [2.45, 2.75) is 31.8 Å². The Morgan fingerprint density at radius 2 is 1.39 bits per heavy atom. The molecule has 9 nitrogen and oxygen atoms in total. The van der Waals surface area contributed by atoms with Crippen molar-refractivity contribution >= 4 is 74.6 Å². The molecule has 0 fully saturated rings. The van der Waals surface area contributed by atoms with E-state index >= 15 is 0 Å². The molecule has 36 heavy (non-hydrogen) atoms. The number of carboxylic acid groups (broad SMARTS) is 2. The average molecular weight is 721 g/mol. The predicted molar refractivity (Wildman–Crippen MR) is 155 cm³/mol. The number of nitrogens with one attached hydrogen (secondary N) is 2. The summed E-state index contributed by atoms with van der Waals surface area (Å²) in [6, 6.07) is 12.9. The van der Waals surface area contributed by atoms with E-state index in [0.29, 0.717) is 5.56 Å². The Balaban J connectivity index is 1.99. The number of anilines is 1. The Hall–Kier alpha value is -2.42. The lowest BCUT2D eigenvalue weighted by atomic mass is 10.0. The second-order valence-corrected chi connectivity index (χ2v) is 10.2. The molecule has 0 aromatic heterocycles. The van der Waals surface area contributed by atoms with Crippen LogP contribution in [0, 0.1) is 0 Å². The van der Waals surface area contributed by atoms with E-state index in [1.54, 1.807) is 12.1 Å². The molecule has 11 heteroatoms. The van der Waals surface area contributed by atoms with Crippen LogP contribution in [0.1, 0.15) is 30.1 Å². The van der Waals surface area contributed by atoms with Gasteiger partial charge in [0.15, 0.2) is 0 Å². The summed E-state index contributed by atoms with van der Waals surface area (Å²) in [5.74, 6) is -3.69. The molecule has 0 spiro atoms. The van der Waals surface area contributed by atoms with Crippen molar-refractivity contribution in [2.75, 3.05) is 26.8 Å². The van der Waals surface area contributed by atoms with Crippen LogP contribution < -0.4 is 15.5 Å². The number of amides is 2. The van der Waals surface area contributed by atoms with Crippen LogP contribution in [0.4, 0.5) is 5.69 Å². The number of nitrogens with zero attached hydrogens (tertiary/aromatic N) is 1. The van der Waals surface area contributed by atoms with Gasteiger partial charge in [0.25, 0.3) is 5.91 Å². The first-order chi connectivity index (χ1) is 17.2. The van der Waals surface area contributed by atoms with Crippen LogP contribution in [0.2, 0.25) is 0 Å². The molecule has 0 bridgehead atoms. The van der Waals surface area contributed by atoms with Gasteiger partial charge in [-0.05, 0) is 48.7 Å². The molecule has 2 aromatic rings. The van der Waals surface area contributed by atoms with Crippen molar-refractivity contribution in [3.8, 4) is 11.1 Å². The molecule has 0 aliphatic heterocycles. The molecule has 2 amide bonds. The number of carbonyl (C=O) groups is 4. The van der Waals surface area contributed by atoms with Gasteiger partial charge in [0, 0.05) is 39.6 Å². The van der Waals surface area contributed by atoms with Gasteiger partial charge in [0.05, 0.1) is 0 Å². The van der Waals surface area contributed by atoms with Crippen molar-refractivity contribution in [3.05, 3.63) is 54.1 Å². The Labute approximate surface area is 237 Å². The van der Waals surface area contributed by atoms with Crippen LogP contribution >= 0.6 is 45.2 Å². The number of hydrogen-bond acceptors (Lipinski definition) is 5. The second-order valence-electron chi connectivity index (χ2n) is 8.02. The lowest BCUT2D eigenvalue weighted by Gasteiger charge is -2.23. The maximum Gasteiger partial charge on any atom is 0.326 e. The third-order valence-electron chi connectivity index (χ3n) is 5.42. The van der Waals surface area contributed by atoms with Crippen molar-refractivity contribution < 1.29 is 29.4 Å². The van der Waals surface area contributed by atoms with Crippen molar-refractivity contribution in [2.24, 2.45) is 0 Å². The van der Waals surface area contributed by atoms with Gasteiger partial charge in [-0.3, -0.25) is 14.4 Å². The van der Waals surface area contributed by atoms with E-state index in [1.165, 1.54) is 12.6 Å². The maximum atomic E-state index is 12.6. The summed E-state index contributed by atoms with van der Waals surface area (Å²) >= 11 is 4.75. The van der Waals surface area contributed by atoms with E-state index in [4.69, 9.17) is 5.11 Å². The zero-order valence-corrected chi connectivity index (χ0v) is 24.1. The minimum atomic E-state index is -1.35. The fourth-order valence-electron chi connectivity index (χ4n) is 3.42. The van der Waals surface area contributed by atoms with Crippen LogP contribution in [0.5, 0.6) is 0 Å². The lowest BCUT2D eigenvalue weighted by molar-refractivity contribution is -0.143. The minimum Gasteiger partial charge on any atom is -0.481 e. The molecule has 0 aliphatic carbocycles. The third-order valence-corrected chi connectivity index (χ3v) is 6.39. The molecule has 0 saturated carbocycles. The highest BCUT2D eigenvalue weighted by molar-refractivity contribution is 14.1. The van der Waals surface area contributed by atoms with Crippen LogP contribution in [-0.2, 0) is 14.4 Å². The molecule has 0 aliphatic rings. The zero-order chi connectivity index (χ0) is 26.7. The fraction of sp³-hybridized carbons (Fsp3) is 0.360. The first kappa shape index (κ1) is 29.8. The topological polar surface area (TPSA) is 136 Å². The quantitative estimate of drug-likeness (QED) is 0.173. The van der Waals surface area contributed by atoms with Gasteiger partial charge in [-0.2, -0.15) is 0 Å². The molecule has 0 radical (unpaired) electrons. The number of hydrogen-bond donors (Lipinski definition) is 4. The van der Waals surface area contributed by atoms with Gasteiger partial charge in [0.1, 0.15) is 12.1 Å². The van der Waals surface area contributed by atoms with Crippen molar-refractivity contribution in [1.82, 2.24) is 10.6 Å². The highest BCUT2D eigenvalue weighted by Crippen LogP contribution is 2.24. The number of aliphatic carboxylic acids is 2. The van der Waals surface area contributed by atoms with Gasteiger partial charge in [0.2, 0.25) is 5.91 Å². The summed E-state index contributed by atoms with van der Waals surface area (Å²) in [4.78, 5) is 49.2. The molecule has 2 aromatic carbocycles. The standard InChI is InChI=1S/C25H29I2N3O6/c1-16(23(33)29-21(25(35)36)10-11-22(31)32)28-24(34)19-4-2-17(3-5-19)18-6-8-20(9-7-18)30(14-12-26)15-13-27/h2-9,16,21H,10-15H2,1H3,(H,28,34)(H,29,33)(H,31,32)(H,35,36)/t16-,21-/m0/s1. The van der Waals surface area contributed by atoms with Crippen LogP contribution in [0.15, 0.2) is 48.5 Å². The van der Waals surface area contributed by atoms with E-state index in [2.05, 4.69) is 72.8 Å². The largest absolute Gasteiger partial charge is 0.481 e. The molecule has 2 rings (SSSR count). The normalized spacial score (nSPS) is 12.3. The Kier molecular flexibility index (Phi) is 12.4. The van der Waals surface area contributed by atoms with Gasteiger partial charge >= 0.3 is 11.9 Å². The fourth-order valence-corrected chi connectivity index (χ4v) is 4.58. The van der Waals surface area contributed by atoms with E-state index < -0.39 is 42.3 Å². The number of carbonyl (C=O) groups excluding carboxylic acids is 2. The number of alkyl halides is 2. The Morgan fingerprint density at radius 3 is 1.86 bits per heavy atom. The van der Waals surface area contributed by atoms with Crippen molar-refractivity contribution in [3.63, 3.8) is 0 Å². The zero-order valence-electron chi connectivity index (χ0n) is 19.7. The molecular formula is C25H29I2N3O6. The monoisotopic (exact) mass is 721 g/mol. The highest BCUT2D eigenvalue weighted by Gasteiger charge is 2.24.